The predicted octanol–water partition coefficient (Wildman–Crippen LogP) is -2.05. The van der Waals surface area contributed by atoms with E-state index in [0.717, 1.165) is 0 Å². The van der Waals surface area contributed by atoms with Crippen molar-refractivity contribution in [3.05, 3.63) is 11.8 Å². The maximum atomic E-state index is 12.0. The van der Waals surface area contributed by atoms with Crippen LogP contribution in [0.3, 0.4) is 0 Å². The van der Waals surface area contributed by atoms with Gasteiger partial charge in [-0.15, -0.1) is 10.2 Å². The zero-order valence-corrected chi connectivity index (χ0v) is 14.9. The quantitative estimate of drug-likeness (QED) is 0.152. The molecule has 2 amide bonds. The highest BCUT2D eigenvalue weighted by molar-refractivity contribution is 5.82. The molecule has 0 aromatic carbocycles. The van der Waals surface area contributed by atoms with E-state index < -0.39 is 42.8 Å². The van der Waals surface area contributed by atoms with Crippen LogP contribution in [0.2, 0.25) is 0 Å². The van der Waals surface area contributed by atoms with E-state index in [-0.39, 0.29) is 18.5 Å². The number of nitrogens with two attached hydrogens (primary N) is 2. The number of hydrogen-bond donors (Lipinski definition) is 7. The Balaban J connectivity index is 2.83. The fourth-order valence-electron chi connectivity index (χ4n) is 2.00. The number of nitrogens with zero attached hydrogens (tertiary/aromatic N) is 2. The molecule has 0 fully saturated rings. The molecule has 1 rings (SSSR count). The van der Waals surface area contributed by atoms with Gasteiger partial charge in [-0.3, -0.25) is 0 Å². The number of carbonyl (C=O) groups excluding carboxylic acids is 1. The van der Waals surface area contributed by atoms with E-state index in [2.05, 4.69) is 20.8 Å². The number of nitrogens with one attached hydrogen (secondary N) is 2. The molecular weight excluding hydrogens is 364 g/mol. The smallest absolute Gasteiger partial charge is 0.328 e. The number of amides is 2. The summed E-state index contributed by atoms with van der Waals surface area (Å²) in [6.45, 7) is 1.05. The fourth-order valence-corrected chi connectivity index (χ4v) is 2.00. The molecule has 9 N–H and O–H groups in total. The van der Waals surface area contributed by atoms with Gasteiger partial charge in [-0.05, 0) is 19.8 Å². The van der Waals surface area contributed by atoms with E-state index in [1.807, 2.05) is 0 Å². The molecular formula is C14H26N6O7. The topological polar surface area (TPSA) is 219 Å². The first-order chi connectivity index (χ1) is 12.8. The fraction of sp³-hybridized carbons (Fsp3) is 0.714. The standard InChI is InChI=1S/C14H26N6O7/c1-7(22)10(16)12-20-19-11(27-12)8(3-2-4-26-6-15)17-14(25)18-9(5-21)13(23)24/h7-10,21-22H,2-6,15-16H2,1H3,(H,23,24)(H2,17,18,25)/t7-,8+,9+,10+/m1/s1. The molecule has 0 aliphatic rings. The minimum Gasteiger partial charge on any atom is -0.480 e. The Bertz CT molecular complexity index is 596. The second-order valence-corrected chi connectivity index (χ2v) is 5.71. The van der Waals surface area contributed by atoms with Crippen molar-refractivity contribution in [3.63, 3.8) is 0 Å². The van der Waals surface area contributed by atoms with Gasteiger partial charge >= 0.3 is 12.0 Å². The van der Waals surface area contributed by atoms with Crippen molar-refractivity contribution in [2.45, 2.75) is 44.0 Å². The van der Waals surface area contributed by atoms with Crippen molar-refractivity contribution in [3.8, 4) is 0 Å². The molecule has 27 heavy (non-hydrogen) atoms. The zero-order valence-electron chi connectivity index (χ0n) is 14.9. The molecule has 0 radical (unpaired) electrons. The number of aliphatic hydroxyl groups is 2. The summed E-state index contributed by atoms with van der Waals surface area (Å²) in [5.41, 5.74) is 11.0. The van der Waals surface area contributed by atoms with Crippen molar-refractivity contribution in [1.29, 1.82) is 0 Å². The van der Waals surface area contributed by atoms with Crippen LogP contribution in [0.5, 0.6) is 0 Å². The first kappa shape index (κ1) is 22.7. The van der Waals surface area contributed by atoms with Gasteiger partial charge in [-0.2, -0.15) is 0 Å². The van der Waals surface area contributed by atoms with E-state index in [9.17, 15) is 14.7 Å². The molecule has 13 nitrogen and oxygen atoms in total. The van der Waals surface area contributed by atoms with Crippen LogP contribution in [0.1, 0.15) is 43.6 Å². The van der Waals surface area contributed by atoms with Crippen LogP contribution < -0.4 is 22.1 Å². The van der Waals surface area contributed by atoms with Crippen LogP contribution in [0.15, 0.2) is 4.42 Å². The maximum Gasteiger partial charge on any atom is 0.328 e. The minimum atomic E-state index is -1.46. The Morgan fingerprint density at radius 2 is 1.96 bits per heavy atom. The highest BCUT2D eigenvalue weighted by Crippen LogP contribution is 2.20. The number of urea groups is 1. The van der Waals surface area contributed by atoms with E-state index in [1.54, 1.807) is 0 Å². The molecule has 0 bridgehead atoms. The van der Waals surface area contributed by atoms with Gasteiger partial charge in [0.15, 0.2) is 6.04 Å². The number of aliphatic carboxylic acids is 1. The van der Waals surface area contributed by atoms with Gasteiger partial charge in [0.05, 0.1) is 19.4 Å². The van der Waals surface area contributed by atoms with Gasteiger partial charge in [-0.1, -0.05) is 0 Å². The third-order valence-electron chi connectivity index (χ3n) is 3.55. The first-order valence-electron chi connectivity index (χ1n) is 8.25. The van der Waals surface area contributed by atoms with Crippen LogP contribution in [-0.4, -0.2) is 69.6 Å². The van der Waals surface area contributed by atoms with Crippen LogP contribution in [0.25, 0.3) is 0 Å². The molecule has 1 heterocycles. The Morgan fingerprint density at radius 1 is 1.30 bits per heavy atom. The number of ether oxygens (including phenoxy) is 1. The summed E-state index contributed by atoms with van der Waals surface area (Å²) in [6, 6.07) is -3.98. The normalized spacial score (nSPS) is 15.6. The van der Waals surface area contributed by atoms with Crippen LogP contribution in [0.4, 0.5) is 4.79 Å². The third kappa shape index (κ3) is 7.44. The highest BCUT2D eigenvalue weighted by atomic mass is 16.5. The summed E-state index contributed by atoms with van der Waals surface area (Å²) in [5.74, 6) is -1.37. The number of aliphatic hydroxyl groups excluding tert-OH is 2. The molecule has 154 valence electrons. The summed E-state index contributed by atoms with van der Waals surface area (Å²) in [4.78, 5) is 22.9. The molecule has 1 aromatic rings. The molecule has 13 heteroatoms. The van der Waals surface area contributed by atoms with Crippen molar-refractivity contribution >= 4 is 12.0 Å². The number of carboxylic acid groups (broad SMARTS) is 1. The number of aromatic nitrogens is 2. The maximum absolute atomic E-state index is 12.0. The van der Waals surface area contributed by atoms with Gasteiger partial charge in [0, 0.05) is 6.61 Å². The lowest BCUT2D eigenvalue weighted by atomic mass is 10.1. The summed E-state index contributed by atoms with van der Waals surface area (Å²) < 4.78 is 10.5. The summed E-state index contributed by atoms with van der Waals surface area (Å²) in [5, 5.41) is 39.6. The SMILES string of the molecule is C[C@@H](O)[C@H](N)c1nnc([C@H](CCCOCN)NC(=O)N[C@@H](CO)C(=O)O)o1. The lowest BCUT2D eigenvalue weighted by Gasteiger charge is -2.18. The third-order valence-corrected chi connectivity index (χ3v) is 3.55. The molecule has 0 unspecified atom stereocenters. The summed E-state index contributed by atoms with van der Waals surface area (Å²) >= 11 is 0. The van der Waals surface area contributed by atoms with Crippen molar-refractivity contribution in [2.75, 3.05) is 19.9 Å². The van der Waals surface area contributed by atoms with E-state index in [0.29, 0.717) is 19.4 Å². The monoisotopic (exact) mass is 390 g/mol. The number of carbonyl (C=O) groups is 2. The highest BCUT2D eigenvalue weighted by Gasteiger charge is 2.26. The molecule has 1 aromatic heterocycles. The van der Waals surface area contributed by atoms with E-state index in [1.165, 1.54) is 6.92 Å². The number of carboxylic acids is 1. The Hall–Kier alpha value is -2.32. The number of rotatable bonds is 12. The Kier molecular flexibility index (Phi) is 9.60. The van der Waals surface area contributed by atoms with E-state index >= 15 is 0 Å². The average Bonchev–Trinajstić information content (AvgIpc) is 3.11. The summed E-state index contributed by atoms with van der Waals surface area (Å²) in [6.07, 6.45) is -0.132. The predicted molar refractivity (Wildman–Crippen MR) is 90.1 cm³/mol. The van der Waals surface area contributed by atoms with Crippen molar-refractivity contribution in [2.24, 2.45) is 11.5 Å². The average molecular weight is 390 g/mol. The van der Waals surface area contributed by atoms with Gasteiger partial charge < -0.3 is 46.6 Å². The van der Waals surface area contributed by atoms with Crippen molar-refractivity contribution in [1.82, 2.24) is 20.8 Å². The lowest BCUT2D eigenvalue weighted by Crippen LogP contribution is -2.48. The van der Waals surface area contributed by atoms with Crippen LogP contribution >= 0.6 is 0 Å². The minimum absolute atomic E-state index is 0.0100. The second-order valence-electron chi connectivity index (χ2n) is 5.71. The van der Waals surface area contributed by atoms with Gasteiger partial charge in [0.2, 0.25) is 11.8 Å². The zero-order chi connectivity index (χ0) is 20.4. The van der Waals surface area contributed by atoms with E-state index in [4.69, 9.17) is 30.8 Å². The van der Waals surface area contributed by atoms with Gasteiger partial charge in [-0.25, -0.2) is 9.59 Å². The molecule has 0 spiro atoms. The first-order valence-corrected chi connectivity index (χ1v) is 8.25. The largest absolute Gasteiger partial charge is 0.480 e. The second kappa shape index (κ2) is 11.4. The molecule has 0 aliphatic heterocycles. The Labute approximate surface area is 155 Å². The summed E-state index contributed by atoms with van der Waals surface area (Å²) in [7, 11) is 0. The van der Waals surface area contributed by atoms with Crippen LogP contribution in [-0.2, 0) is 9.53 Å². The molecule has 0 aliphatic carbocycles. The van der Waals surface area contributed by atoms with Crippen molar-refractivity contribution < 1.29 is 34.1 Å². The molecule has 4 atom stereocenters. The number of hydrogen-bond acceptors (Lipinski definition) is 10. The van der Waals surface area contributed by atoms with Gasteiger partial charge in [0.1, 0.15) is 12.1 Å². The lowest BCUT2D eigenvalue weighted by molar-refractivity contribution is -0.140. The van der Waals surface area contributed by atoms with Gasteiger partial charge in [0.25, 0.3) is 0 Å². The van der Waals surface area contributed by atoms with Crippen LogP contribution in [0, 0.1) is 0 Å². The Morgan fingerprint density at radius 3 is 2.52 bits per heavy atom. The molecule has 0 saturated heterocycles. The molecule has 0 saturated carbocycles.